The lowest BCUT2D eigenvalue weighted by molar-refractivity contribution is 1.63. The van der Waals surface area contributed by atoms with Gasteiger partial charge in [0.15, 0.2) is 0 Å². The lowest BCUT2D eigenvalue weighted by Gasteiger charge is -2.21. The first-order valence-electron chi connectivity index (χ1n) is 13.9. The first-order chi connectivity index (χ1) is 19.9. The molecule has 0 saturated carbocycles. The highest BCUT2D eigenvalue weighted by Gasteiger charge is 2.20. The van der Waals surface area contributed by atoms with Crippen LogP contribution in [0.4, 0.5) is 0 Å². The molecular weight excluding hydrogens is 480 g/mol. The van der Waals surface area contributed by atoms with Gasteiger partial charge in [0.1, 0.15) is 0 Å². The monoisotopic (exact) mass is 506 g/mol. The molecule has 8 aromatic rings. The minimum absolute atomic E-state index is 1.25. The summed E-state index contributed by atoms with van der Waals surface area (Å²) in [6.45, 7) is 0. The van der Waals surface area contributed by atoms with Gasteiger partial charge >= 0.3 is 0 Å². The average Bonchev–Trinajstić information content (AvgIpc) is 3.03. The van der Waals surface area contributed by atoms with Crippen molar-refractivity contribution in [3.05, 3.63) is 158 Å². The van der Waals surface area contributed by atoms with E-state index in [-0.39, 0.29) is 0 Å². The maximum absolute atomic E-state index is 2.33. The standard InChI is InChI=1S/C40H26/c1-5-17-31-27(11-1)15-9-21-35(31)37-25-23-29-13-3-7-19-33(29)39(37)40-34-20-8-4-14-30(34)24-26-38(40)36-22-10-16-28-12-2-6-18-32(28)36/h1-26H. The Morgan fingerprint density at radius 2 is 0.525 bits per heavy atom. The van der Waals surface area contributed by atoms with E-state index in [4.69, 9.17) is 0 Å². The van der Waals surface area contributed by atoms with Gasteiger partial charge in [-0.25, -0.2) is 0 Å². The molecule has 8 aromatic carbocycles. The number of hydrogen-bond donors (Lipinski definition) is 0. The van der Waals surface area contributed by atoms with Crippen molar-refractivity contribution in [2.45, 2.75) is 0 Å². The molecule has 0 radical (unpaired) electrons. The van der Waals surface area contributed by atoms with Crippen molar-refractivity contribution >= 4 is 43.1 Å². The van der Waals surface area contributed by atoms with Gasteiger partial charge in [-0.1, -0.05) is 158 Å². The molecular formula is C40H26. The molecule has 8 rings (SSSR count). The van der Waals surface area contributed by atoms with E-state index in [0.717, 1.165) is 0 Å². The number of benzene rings is 8. The second-order valence-electron chi connectivity index (χ2n) is 10.5. The lowest BCUT2D eigenvalue weighted by atomic mass is 9.82. The summed E-state index contributed by atoms with van der Waals surface area (Å²) < 4.78 is 0. The molecule has 0 amide bonds. The van der Waals surface area contributed by atoms with Crippen molar-refractivity contribution < 1.29 is 0 Å². The van der Waals surface area contributed by atoms with Crippen LogP contribution in [0.5, 0.6) is 0 Å². The molecule has 0 aliphatic heterocycles. The van der Waals surface area contributed by atoms with E-state index < -0.39 is 0 Å². The van der Waals surface area contributed by atoms with Gasteiger partial charge in [-0.05, 0) is 76.5 Å². The molecule has 0 aliphatic rings. The normalized spacial score (nSPS) is 11.5. The minimum Gasteiger partial charge on any atom is -0.0616 e. The molecule has 0 heterocycles. The molecule has 0 bridgehead atoms. The van der Waals surface area contributed by atoms with Gasteiger partial charge in [-0.2, -0.15) is 0 Å². The summed E-state index contributed by atoms with van der Waals surface area (Å²) in [6.07, 6.45) is 0. The maximum Gasteiger partial charge on any atom is -0.00141 e. The molecule has 0 nitrogen and oxygen atoms in total. The van der Waals surface area contributed by atoms with Crippen LogP contribution in [0.2, 0.25) is 0 Å². The van der Waals surface area contributed by atoms with E-state index in [1.54, 1.807) is 0 Å². The summed E-state index contributed by atoms with van der Waals surface area (Å²) in [7, 11) is 0. The Hall–Kier alpha value is -5.20. The molecule has 0 N–H and O–H groups in total. The Balaban J connectivity index is 1.58. The van der Waals surface area contributed by atoms with Gasteiger partial charge in [0.05, 0.1) is 0 Å². The zero-order valence-corrected chi connectivity index (χ0v) is 22.0. The van der Waals surface area contributed by atoms with E-state index >= 15 is 0 Å². The van der Waals surface area contributed by atoms with Crippen molar-refractivity contribution in [1.29, 1.82) is 0 Å². The first-order valence-corrected chi connectivity index (χ1v) is 13.9. The summed E-state index contributed by atoms with van der Waals surface area (Å²) >= 11 is 0. The molecule has 0 heteroatoms. The highest BCUT2D eigenvalue weighted by Crippen LogP contribution is 2.47. The largest absolute Gasteiger partial charge is 0.0616 e. The molecule has 0 fully saturated rings. The molecule has 0 spiro atoms. The summed E-state index contributed by atoms with van der Waals surface area (Å²) in [4.78, 5) is 0. The van der Waals surface area contributed by atoms with E-state index in [1.165, 1.54) is 76.5 Å². The second kappa shape index (κ2) is 9.22. The zero-order chi connectivity index (χ0) is 26.5. The lowest BCUT2D eigenvalue weighted by Crippen LogP contribution is -1.94. The summed E-state index contributed by atoms with van der Waals surface area (Å²) in [5, 5.41) is 10.1. The Morgan fingerprint density at radius 3 is 0.950 bits per heavy atom. The van der Waals surface area contributed by atoms with Crippen LogP contribution in [0.25, 0.3) is 76.5 Å². The fraction of sp³-hybridized carbons (Fsp3) is 0. The summed E-state index contributed by atoms with van der Waals surface area (Å²) in [6, 6.07) is 57.6. The SMILES string of the molecule is c1ccc2c(-c3ccc4ccccc4c3-c3c(-c4cccc5ccccc45)ccc4ccccc34)cccc2c1. The van der Waals surface area contributed by atoms with Gasteiger partial charge < -0.3 is 0 Å². The molecule has 0 aromatic heterocycles. The molecule has 0 unspecified atom stereocenters. The van der Waals surface area contributed by atoms with Crippen molar-refractivity contribution in [3.63, 3.8) is 0 Å². The minimum atomic E-state index is 1.25. The predicted molar refractivity (Wildman–Crippen MR) is 173 cm³/mol. The zero-order valence-electron chi connectivity index (χ0n) is 22.0. The average molecular weight is 507 g/mol. The Bertz CT molecular complexity index is 2050. The Morgan fingerprint density at radius 1 is 0.200 bits per heavy atom. The number of rotatable bonds is 3. The van der Waals surface area contributed by atoms with E-state index in [9.17, 15) is 0 Å². The van der Waals surface area contributed by atoms with Crippen LogP contribution in [0.3, 0.4) is 0 Å². The quantitative estimate of drug-likeness (QED) is 0.223. The molecule has 0 saturated heterocycles. The van der Waals surface area contributed by atoms with Gasteiger partial charge in [-0.15, -0.1) is 0 Å². The van der Waals surface area contributed by atoms with Gasteiger partial charge in [0, 0.05) is 0 Å². The number of fused-ring (bicyclic) bond motifs is 4. The fourth-order valence-corrected chi connectivity index (χ4v) is 6.45. The van der Waals surface area contributed by atoms with Crippen LogP contribution in [-0.4, -0.2) is 0 Å². The van der Waals surface area contributed by atoms with Crippen LogP contribution in [-0.2, 0) is 0 Å². The molecule has 186 valence electrons. The van der Waals surface area contributed by atoms with Crippen molar-refractivity contribution in [2.24, 2.45) is 0 Å². The maximum atomic E-state index is 2.33. The molecule has 0 aliphatic carbocycles. The molecule has 40 heavy (non-hydrogen) atoms. The first kappa shape index (κ1) is 22.8. The fourth-order valence-electron chi connectivity index (χ4n) is 6.45. The number of hydrogen-bond acceptors (Lipinski definition) is 0. The van der Waals surface area contributed by atoms with E-state index in [1.807, 2.05) is 0 Å². The van der Waals surface area contributed by atoms with Crippen LogP contribution in [0.15, 0.2) is 158 Å². The van der Waals surface area contributed by atoms with Crippen molar-refractivity contribution in [3.8, 4) is 33.4 Å². The van der Waals surface area contributed by atoms with Gasteiger partial charge in [-0.3, -0.25) is 0 Å². The van der Waals surface area contributed by atoms with Crippen LogP contribution in [0, 0.1) is 0 Å². The topological polar surface area (TPSA) is 0 Å². The highest BCUT2D eigenvalue weighted by atomic mass is 14.2. The van der Waals surface area contributed by atoms with Gasteiger partial charge in [0.2, 0.25) is 0 Å². The van der Waals surface area contributed by atoms with Crippen LogP contribution in [0.1, 0.15) is 0 Å². The highest BCUT2D eigenvalue weighted by molar-refractivity contribution is 6.18. The predicted octanol–water partition coefficient (Wildman–Crippen LogP) is 11.3. The third kappa shape index (κ3) is 3.54. The van der Waals surface area contributed by atoms with Crippen molar-refractivity contribution in [1.82, 2.24) is 0 Å². The third-order valence-corrected chi connectivity index (χ3v) is 8.27. The Kier molecular flexibility index (Phi) is 5.24. The van der Waals surface area contributed by atoms with Crippen molar-refractivity contribution in [2.75, 3.05) is 0 Å². The van der Waals surface area contributed by atoms with Gasteiger partial charge in [0.25, 0.3) is 0 Å². The smallest absolute Gasteiger partial charge is 0.00141 e. The third-order valence-electron chi connectivity index (χ3n) is 8.27. The Labute approximate surface area is 233 Å². The molecule has 0 atom stereocenters. The van der Waals surface area contributed by atoms with Crippen LogP contribution < -0.4 is 0 Å². The second-order valence-corrected chi connectivity index (χ2v) is 10.5. The summed E-state index contributed by atoms with van der Waals surface area (Å²) in [5.41, 5.74) is 7.61. The van der Waals surface area contributed by atoms with Crippen LogP contribution >= 0.6 is 0 Å². The summed E-state index contributed by atoms with van der Waals surface area (Å²) in [5.74, 6) is 0. The van der Waals surface area contributed by atoms with E-state index in [0.29, 0.717) is 0 Å². The van der Waals surface area contributed by atoms with E-state index in [2.05, 4.69) is 158 Å².